The SMILES string of the molecule is CCCC(C)CSc1ccc(CN)cc1. The van der Waals surface area contributed by atoms with E-state index in [1.807, 2.05) is 11.8 Å². The van der Waals surface area contributed by atoms with Gasteiger partial charge in [-0.15, -0.1) is 11.8 Å². The second-order valence-electron chi connectivity index (χ2n) is 4.05. The molecule has 0 aliphatic heterocycles. The molecule has 0 spiro atoms. The van der Waals surface area contributed by atoms with Crippen LogP contribution in [0.4, 0.5) is 0 Å². The van der Waals surface area contributed by atoms with E-state index in [9.17, 15) is 0 Å². The molecule has 0 radical (unpaired) electrons. The molecular formula is C13H21NS. The summed E-state index contributed by atoms with van der Waals surface area (Å²) < 4.78 is 0. The lowest BCUT2D eigenvalue weighted by molar-refractivity contribution is 0.585. The first-order chi connectivity index (χ1) is 7.26. The zero-order valence-corrected chi connectivity index (χ0v) is 10.5. The number of benzene rings is 1. The summed E-state index contributed by atoms with van der Waals surface area (Å²) in [6, 6.07) is 8.58. The summed E-state index contributed by atoms with van der Waals surface area (Å²) >= 11 is 1.95. The van der Waals surface area contributed by atoms with Crippen molar-refractivity contribution in [3.8, 4) is 0 Å². The van der Waals surface area contributed by atoms with E-state index in [1.165, 1.54) is 29.1 Å². The molecule has 0 bridgehead atoms. The molecule has 84 valence electrons. The Kier molecular flexibility index (Phi) is 5.81. The Labute approximate surface area is 97.4 Å². The summed E-state index contributed by atoms with van der Waals surface area (Å²) in [5.41, 5.74) is 6.76. The zero-order chi connectivity index (χ0) is 11.1. The average molecular weight is 223 g/mol. The number of nitrogens with two attached hydrogens (primary N) is 1. The highest BCUT2D eigenvalue weighted by Crippen LogP contribution is 2.22. The van der Waals surface area contributed by atoms with Gasteiger partial charge in [0, 0.05) is 17.2 Å². The molecule has 0 saturated heterocycles. The third-order valence-corrected chi connectivity index (χ3v) is 3.82. The molecule has 0 fully saturated rings. The van der Waals surface area contributed by atoms with Crippen molar-refractivity contribution < 1.29 is 0 Å². The van der Waals surface area contributed by atoms with Gasteiger partial charge in [-0.3, -0.25) is 0 Å². The van der Waals surface area contributed by atoms with Crippen molar-refractivity contribution in [2.24, 2.45) is 11.7 Å². The van der Waals surface area contributed by atoms with Gasteiger partial charge in [0.05, 0.1) is 0 Å². The van der Waals surface area contributed by atoms with Gasteiger partial charge >= 0.3 is 0 Å². The van der Waals surface area contributed by atoms with Crippen LogP contribution in [0.2, 0.25) is 0 Å². The first-order valence-corrected chi connectivity index (χ1v) is 6.66. The van der Waals surface area contributed by atoms with Crippen LogP contribution in [-0.4, -0.2) is 5.75 Å². The standard InChI is InChI=1S/C13H21NS/c1-3-4-11(2)10-15-13-7-5-12(9-14)6-8-13/h5-8,11H,3-4,9-10,14H2,1-2H3. The lowest BCUT2D eigenvalue weighted by Crippen LogP contribution is -1.97. The molecule has 0 heterocycles. The molecule has 1 aromatic carbocycles. The maximum Gasteiger partial charge on any atom is 0.0178 e. The van der Waals surface area contributed by atoms with Crippen LogP contribution in [0, 0.1) is 5.92 Å². The molecule has 1 nitrogen and oxygen atoms in total. The van der Waals surface area contributed by atoms with Crippen molar-refractivity contribution >= 4 is 11.8 Å². The number of hydrogen-bond acceptors (Lipinski definition) is 2. The molecule has 0 aromatic heterocycles. The summed E-state index contributed by atoms with van der Waals surface area (Å²) in [7, 11) is 0. The molecule has 0 amide bonds. The predicted octanol–water partition coefficient (Wildman–Crippen LogP) is 3.67. The Morgan fingerprint density at radius 3 is 2.47 bits per heavy atom. The topological polar surface area (TPSA) is 26.0 Å². The normalized spacial score (nSPS) is 12.7. The molecule has 2 heteroatoms. The summed E-state index contributed by atoms with van der Waals surface area (Å²) in [6.07, 6.45) is 2.61. The van der Waals surface area contributed by atoms with Gasteiger partial charge < -0.3 is 5.73 Å². The highest BCUT2D eigenvalue weighted by Gasteiger charge is 2.01. The van der Waals surface area contributed by atoms with Crippen LogP contribution in [0.5, 0.6) is 0 Å². The van der Waals surface area contributed by atoms with Gasteiger partial charge in [-0.05, 0) is 23.6 Å². The predicted molar refractivity (Wildman–Crippen MR) is 69.1 cm³/mol. The van der Waals surface area contributed by atoms with Crippen LogP contribution in [0.1, 0.15) is 32.3 Å². The van der Waals surface area contributed by atoms with E-state index in [0.717, 1.165) is 5.92 Å². The molecule has 0 saturated carbocycles. The third kappa shape index (κ3) is 4.72. The largest absolute Gasteiger partial charge is 0.326 e. The highest BCUT2D eigenvalue weighted by molar-refractivity contribution is 7.99. The van der Waals surface area contributed by atoms with E-state index in [-0.39, 0.29) is 0 Å². The van der Waals surface area contributed by atoms with E-state index in [4.69, 9.17) is 5.73 Å². The van der Waals surface area contributed by atoms with Gasteiger partial charge in [-0.25, -0.2) is 0 Å². The molecule has 0 aliphatic carbocycles. The Hall–Kier alpha value is -0.470. The van der Waals surface area contributed by atoms with Crippen LogP contribution in [-0.2, 0) is 6.54 Å². The van der Waals surface area contributed by atoms with Crippen LogP contribution in [0.15, 0.2) is 29.2 Å². The van der Waals surface area contributed by atoms with Gasteiger partial charge in [0.1, 0.15) is 0 Å². The molecule has 0 aliphatic rings. The number of hydrogen-bond donors (Lipinski definition) is 1. The minimum absolute atomic E-state index is 0.636. The van der Waals surface area contributed by atoms with E-state index in [1.54, 1.807) is 0 Å². The highest BCUT2D eigenvalue weighted by atomic mass is 32.2. The van der Waals surface area contributed by atoms with E-state index >= 15 is 0 Å². The van der Waals surface area contributed by atoms with Crippen LogP contribution < -0.4 is 5.73 Å². The fourth-order valence-corrected chi connectivity index (χ4v) is 2.51. The molecule has 1 atom stereocenters. The molecule has 1 rings (SSSR count). The fourth-order valence-electron chi connectivity index (χ4n) is 1.54. The van der Waals surface area contributed by atoms with Crippen molar-refractivity contribution in [2.45, 2.75) is 38.1 Å². The second kappa shape index (κ2) is 6.91. The Bertz CT molecular complexity index is 268. The average Bonchev–Trinajstić information content (AvgIpc) is 2.27. The Morgan fingerprint density at radius 2 is 1.93 bits per heavy atom. The quantitative estimate of drug-likeness (QED) is 0.745. The minimum atomic E-state index is 0.636. The van der Waals surface area contributed by atoms with Crippen molar-refractivity contribution in [3.63, 3.8) is 0 Å². The van der Waals surface area contributed by atoms with Crippen LogP contribution in [0.25, 0.3) is 0 Å². The molecular weight excluding hydrogens is 202 g/mol. The molecule has 1 aromatic rings. The molecule has 1 unspecified atom stereocenters. The van der Waals surface area contributed by atoms with Crippen LogP contribution in [0.3, 0.4) is 0 Å². The summed E-state index contributed by atoms with van der Waals surface area (Å²) in [5.74, 6) is 2.03. The van der Waals surface area contributed by atoms with E-state index in [0.29, 0.717) is 6.54 Å². The van der Waals surface area contributed by atoms with Crippen molar-refractivity contribution in [1.29, 1.82) is 0 Å². The second-order valence-corrected chi connectivity index (χ2v) is 5.15. The van der Waals surface area contributed by atoms with Crippen molar-refractivity contribution in [1.82, 2.24) is 0 Å². The minimum Gasteiger partial charge on any atom is -0.326 e. The van der Waals surface area contributed by atoms with Gasteiger partial charge in [-0.1, -0.05) is 38.8 Å². The summed E-state index contributed by atoms with van der Waals surface area (Å²) in [5, 5.41) is 0. The van der Waals surface area contributed by atoms with Gasteiger partial charge in [-0.2, -0.15) is 0 Å². The Morgan fingerprint density at radius 1 is 1.27 bits per heavy atom. The van der Waals surface area contributed by atoms with E-state index in [2.05, 4.69) is 38.1 Å². The summed E-state index contributed by atoms with van der Waals surface area (Å²) in [6.45, 7) is 5.21. The van der Waals surface area contributed by atoms with Crippen molar-refractivity contribution in [2.75, 3.05) is 5.75 Å². The number of thioether (sulfide) groups is 1. The lowest BCUT2D eigenvalue weighted by atomic mass is 10.1. The van der Waals surface area contributed by atoms with Crippen molar-refractivity contribution in [3.05, 3.63) is 29.8 Å². The lowest BCUT2D eigenvalue weighted by Gasteiger charge is -2.09. The monoisotopic (exact) mass is 223 g/mol. The maximum atomic E-state index is 5.55. The maximum absolute atomic E-state index is 5.55. The van der Waals surface area contributed by atoms with Crippen LogP contribution >= 0.6 is 11.8 Å². The van der Waals surface area contributed by atoms with Gasteiger partial charge in [0.2, 0.25) is 0 Å². The zero-order valence-electron chi connectivity index (χ0n) is 9.70. The van der Waals surface area contributed by atoms with Gasteiger partial charge in [0.15, 0.2) is 0 Å². The Balaban J connectivity index is 2.37. The molecule has 2 N–H and O–H groups in total. The number of rotatable bonds is 6. The first-order valence-electron chi connectivity index (χ1n) is 5.68. The smallest absolute Gasteiger partial charge is 0.0178 e. The summed E-state index contributed by atoms with van der Waals surface area (Å²) in [4.78, 5) is 1.36. The van der Waals surface area contributed by atoms with E-state index < -0.39 is 0 Å². The third-order valence-electron chi connectivity index (χ3n) is 2.48. The van der Waals surface area contributed by atoms with Gasteiger partial charge in [0.25, 0.3) is 0 Å². The fraction of sp³-hybridized carbons (Fsp3) is 0.538. The molecule has 15 heavy (non-hydrogen) atoms. The first kappa shape index (κ1) is 12.6.